The summed E-state index contributed by atoms with van der Waals surface area (Å²) >= 11 is 0. The lowest BCUT2D eigenvalue weighted by Crippen LogP contribution is -2.45. The molecule has 96 valence electrons. The molecule has 4 aliphatic rings. The fourth-order valence-electron chi connectivity index (χ4n) is 6.25. The molecule has 0 aliphatic heterocycles. The van der Waals surface area contributed by atoms with E-state index in [0.717, 1.165) is 0 Å². The van der Waals surface area contributed by atoms with Gasteiger partial charge < -0.3 is 10.8 Å². The number of aliphatic hydroxyl groups excluding tert-OH is 1. The number of rotatable bonds is 2. The maximum Gasteiger partial charge on any atom is 0.0727 e. The average Bonchev–Trinajstić information content (AvgIpc) is 3.16. The van der Waals surface area contributed by atoms with Crippen molar-refractivity contribution < 1.29 is 5.11 Å². The van der Waals surface area contributed by atoms with Gasteiger partial charge in [0.1, 0.15) is 0 Å². The van der Waals surface area contributed by atoms with Gasteiger partial charge in [0.25, 0.3) is 0 Å². The van der Waals surface area contributed by atoms with E-state index in [-0.39, 0.29) is 12.1 Å². The molecule has 4 rings (SSSR count). The van der Waals surface area contributed by atoms with E-state index in [1.807, 2.05) is 0 Å². The predicted molar refractivity (Wildman–Crippen MR) is 67.3 cm³/mol. The van der Waals surface area contributed by atoms with Crippen LogP contribution in [-0.4, -0.2) is 17.3 Å². The quantitative estimate of drug-likeness (QED) is 0.771. The minimum Gasteiger partial charge on any atom is -0.391 e. The molecule has 4 aliphatic carbocycles. The molecule has 0 aromatic rings. The van der Waals surface area contributed by atoms with E-state index in [9.17, 15) is 5.11 Å². The maximum absolute atomic E-state index is 10.5. The number of hydrogen-bond donors (Lipinski definition) is 2. The van der Waals surface area contributed by atoms with Gasteiger partial charge in [-0.1, -0.05) is 13.8 Å². The van der Waals surface area contributed by atoms with Gasteiger partial charge in [-0.05, 0) is 66.6 Å². The lowest BCUT2D eigenvalue weighted by atomic mass is 9.56. The summed E-state index contributed by atoms with van der Waals surface area (Å²) < 4.78 is 0. The van der Waals surface area contributed by atoms with Crippen molar-refractivity contribution >= 4 is 0 Å². The van der Waals surface area contributed by atoms with Crippen molar-refractivity contribution in [3.05, 3.63) is 0 Å². The molecule has 4 unspecified atom stereocenters. The predicted octanol–water partition coefficient (Wildman–Crippen LogP) is 2.30. The highest BCUT2D eigenvalue weighted by atomic mass is 16.3. The van der Waals surface area contributed by atoms with Crippen LogP contribution < -0.4 is 5.73 Å². The van der Waals surface area contributed by atoms with Gasteiger partial charge in [-0.2, -0.15) is 0 Å². The second-order valence-electron chi connectivity index (χ2n) is 7.85. The molecule has 0 aromatic heterocycles. The zero-order chi connectivity index (χ0) is 12.1. The first-order valence-corrected chi connectivity index (χ1v) is 7.40. The van der Waals surface area contributed by atoms with Crippen LogP contribution in [0.4, 0.5) is 0 Å². The second kappa shape index (κ2) is 2.75. The third-order valence-corrected chi connectivity index (χ3v) is 7.23. The lowest BCUT2D eigenvalue weighted by Gasteiger charge is -2.47. The van der Waals surface area contributed by atoms with Gasteiger partial charge in [0, 0.05) is 6.04 Å². The Hall–Kier alpha value is -0.0800. The molecule has 0 heterocycles. The van der Waals surface area contributed by atoms with Crippen LogP contribution in [-0.2, 0) is 0 Å². The molecule has 4 atom stereocenters. The minimum atomic E-state index is -0.219. The van der Waals surface area contributed by atoms with Crippen LogP contribution in [0.3, 0.4) is 0 Å². The van der Waals surface area contributed by atoms with E-state index >= 15 is 0 Å². The molecule has 0 saturated heterocycles. The van der Waals surface area contributed by atoms with E-state index in [1.165, 1.54) is 38.5 Å². The molecule has 2 nitrogen and oxygen atoms in total. The molecule has 4 saturated carbocycles. The molecule has 17 heavy (non-hydrogen) atoms. The largest absolute Gasteiger partial charge is 0.391 e. The molecular formula is C15H25NO. The highest BCUT2D eigenvalue weighted by molar-refractivity contribution is 5.28. The Morgan fingerprint density at radius 1 is 0.941 bits per heavy atom. The van der Waals surface area contributed by atoms with Crippen LogP contribution in [0.5, 0.6) is 0 Å². The summed E-state index contributed by atoms with van der Waals surface area (Å²) in [5.74, 6) is 1.10. The zero-order valence-corrected chi connectivity index (χ0v) is 11.1. The first kappa shape index (κ1) is 10.8. The smallest absolute Gasteiger partial charge is 0.0727 e. The summed E-state index contributed by atoms with van der Waals surface area (Å²) in [6, 6.07) is 0.0589. The van der Waals surface area contributed by atoms with Crippen molar-refractivity contribution in [2.24, 2.45) is 33.8 Å². The number of nitrogens with two attached hydrogens (primary N) is 1. The van der Waals surface area contributed by atoms with Crippen LogP contribution in [0.1, 0.15) is 52.4 Å². The summed E-state index contributed by atoms with van der Waals surface area (Å²) in [5, 5.41) is 10.5. The minimum absolute atomic E-state index is 0.0589. The summed E-state index contributed by atoms with van der Waals surface area (Å²) in [4.78, 5) is 0. The number of hydrogen-bond acceptors (Lipinski definition) is 2. The van der Waals surface area contributed by atoms with Crippen LogP contribution in [0.2, 0.25) is 0 Å². The number of fused-ring (bicyclic) bond motifs is 2. The normalized spacial score (nSPS) is 51.5. The van der Waals surface area contributed by atoms with Gasteiger partial charge in [0.05, 0.1) is 6.10 Å². The van der Waals surface area contributed by atoms with Gasteiger partial charge in [-0.15, -0.1) is 0 Å². The Morgan fingerprint density at radius 3 is 1.76 bits per heavy atom. The first-order valence-electron chi connectivity index (χ1n) is 7.40. The first-order chi connectivity index (χ1) is 7.96. The summed E-state index contributed by atoms with van der Waals surface area (Å²) in [5.41, 5.74) is 7.72. The van der Waals surface area contributed by atoms with Gasteiger partial charge in [0.15, 0.2) is 0 Å². The van der Waals surface area contributed by atoms with E-state index in [0.29, 0.717) is 28.1 Å². The standard InChI is InChI=1S/C15H25NO/c1-13(5-6-13)15(14(2)7-8-14)9-3-4-10(15)12(17)11(9)16/h9-12,17H,3-8,16H2,1-2H3. The van der Waals surface area contributed by atoms with Crippen molar-refractivity contribution in [3.63, 3.8) is 0 Å². The van der Waals surface area contributed by atoms with E-state index in [2.05, 4.69) is 13.8 Å². The topological polar surface area (TPSA) is 46.2 Å². The molecule has 0 radical (unpaired) electrons. The van der Waals surface area contributed by atoms with Gasteiger partial charge >= 0.3 is 0 Å². The average molecular weight is 235 g/mol. The van der Waals surface area contributed by atoms with Crippen molar-refractivity contribution in [2.45, 2.75) is 64.5 Å². The van der Waals surface area contributed by atoms with E-state index in [4.69, 9.17) is 5.73 Å². The lowest BCUT2D eigenvalue weighted by molar-refractivity contribution is -0.0226. The van der Waals surface area contributed by atoms with Crippen LogP contribution in [0.25, 0.3) is 0 Å². The third-order valence-electron chi connectivity index (χ3n) is 7.23. The third kappa shape index (κ3) is 0.952. The molecule has 2 bridgehead atoms. The van der Waals surface area contributed by atoms with Gasteiger partial charge in [0.2, 0.25) is 0 Å². The van der Waals surface area contributed by atoms with Gasteiger partial charge in [-0.3, -0.25) is 0 Å². The molecule has 3 N–H and O–H groups in total. The monoisotopic (exact) mass is 235 g/mol. The second-order valence-corrected chi connectivity index (χ2v) is 7.85. The fourth-order valence-corrected chi connectivity index (χ4v) is 6.25. The van der Waals surface area contributed by atoms with E-state index in [1.54, 1.807) is 0 Å². The SMILES string of the molecule is CC1(C2(C3(C)CC3)C3CCC2C(O)C3N)CC1. The Kier molecular flexibility index (Phi) is 1.75. The van der Waals surface area contributed by atoms with Crippen LogP contribution in [0, 0.1) is 28.1 Å². The summed E-state index contributed by atoms with van der Waals surface area (Å²) in [6.07, 6.45) is 7.76. The highest BCUT2D eigenvalue weighted by Crippen LogP contribution is 2.83. The summed E-state index contributed by atoms with van der Waals surface area (Å²) in [7, 11) is 0. The Balaban J connectivity index is 1.88. The molecule has 2 heteroatoms. The van der Waals surface area contributed by atoms with Crippen molar-refractivity contribution in [1.82, 2.24) is 0 Å². The zero-order valence-electron chi connectivity index (χ0n) is 11.1. The van der Waals surface area contributed by atoms with Crippen molar-refractivity contribution in [3.8, 4) is 0 Å². The Labute approximate surface area is 104 Å². The molecule has 0 spiro atoms. The van der Waals surface area contributed by atoms with Crippen LogP contribution >= 0.6 is 0 Å². The van der Waals surface area contributed by atoms with Crippen LogP contribution in [0.15, 0.2) is 0 Å². The van der Waals surface area contributed by atoms with E-state index < -0.39 is 0 Å². The molecular weight excluding hydrogens is 210 g/mol. The van der Waals surface area contributed by atoms with Crippen molar-refractivity contribution in [1.29, 1.82) is 0 Å². The molecule has 0 aromatic carbocycles. The van der Waals surface area contributed by atoms with Crippen molar-refractivity contribution in [2.75, 3.05) is 0 Å². The van der Waals surface area contributed by atoms with Gasteiger partial charge in [-0.25, -0.2) is 0 Å². The number of aliphatic hydroxyl groups is 1. The molecule has 4 fully saturated rings. The maximum atomic E-state index is 10.5. The Morgan fingerprint density at radius 2 is 1.41 bits per heavy atom. The fraction of sp³-hybridized carbons (Fsp3) is 1.00. The molecule has 0 amide bonds. The summed E-state index contributed by atoms with van der Waals surface area (Å²) in [6.45, 7) is 4.96. The Bertz CT molecular complexity index is 333. The highest BCUT2D eigenvalue weighted by Gasteiger charge is 2.79.